The summed E-state index contributed by atoms with van der Waals surface area (Å²) in [6.45, 7) is 6.27. The summed E-state index contributed by atoms with van der Waals surface area (Å²) < 4.78 is 5.39. The fourth-order valence-corrected chi connectivity index (χ4v) is 3.67. The maximum atomic E-state index is 11.9. The molecular formula is C22H23Cl2N3O2. The molecule has 2 aromatic carbocycles. The van der Waals surface area contributed by atoms with Crippen LogP contribution in [0.25, 0.3) is 5.57 Å². The van der Waals surface area contributed by atoms with Crippen LogP contribution in [-0.4, -0.2) is 31.3 Å². The molecule has 29 heavy (non-hydrogen) atoms. The van der Waals surface area contributed by atoms with Crippen molar-refractivity contribution in [3.05, 3.63) is 63.6 Å². The number of carbonyl (C=O) groups is 1. The first kappa shape index (κ1) is 21.2. The minimum absolute atomic E-state index is 0.0341. The topological polar surface area (TPSA) is 53.9 Å². The van der Waals surface area contributed by atoms with Crippen LogP contribution < -0.4 is 15.1 Å². The van der Waals surface area contributed by atoms with Crippen molar-refractivity contribution in [1.82, 2.24) is 5.43 Å². The Labute approximate surface area is 180 Å². The molecule has 0 unspecified atom stereocenters. The van der Waals surface area contributed by atoms with Crippen LogP contribution in [0.4, 0.5) is 5.69 Å². The number of hydrogen-bond acceptors (Lipinski definition) is 4. The third kappa shape index (κ3) is 4.92. The van der Waals surface area contributed by atoms with Gasteiger partial charge in [0.1, 0.15) is 5.75 Å². The number of benzene rings is 2. The fourth-order valence-electron chi connectivity index (χ4n) is 3.20. The van der Waals surface area contributed by atoms with Crippen molar-refractivity contribution in [2.45, 2.75) is 26.3 Å². The number of carbonyl (C=O) groups excluding carboxylic acids is 1. The zero-order chi connectivity index (χ0) is 21.2. The highest BCUT2D eigenvalue weighted by Gasteiger charge is 2.28. The van der Waals surface area contributed by atoms with E-state index in [9.17, 15) is 4.79 Å². The van der Waals surface area contributed by atoms with Gasteiger partial charge in [0.15, 0.2) is 6.61 Å². The molecule has 0 aliphatic carbocycles. The zero-order valence-corrected chi connectivity index (χ0v) is 18.3. The lowest BCUT2D eigenvalue weighted by Gasteiger charge is -2.40. The molecular weight excluding hydrogens is 409 g/mol. The van der Waals surface area contributed by atoms with Gasteiger partial charge < -0.3 is 9.64 Å². The average molecular weight is 432 g/mol. The van der Waals surface area contributed by atoms with E-state index >= 15 is 0 Å². The van der Waals surface area contributed by atoms with Crippen LogP contribution in [0.15, 0.2) is 47.6 Å². The van der Waals surface area contributed by atoms with Crippen LogP contribution in [0.5, 0.6) is 5.75 Å². The molecule has 1 aliphatic heterocycles. The molecule has 0 fully saturated rings. The van der Waals surface area contributed by atoms with E-state index in [-0.39, 0.29) is 18.1 Å². The molecule has 1 aliphatic rings. The molecule has 152 valence electrons. The number of anilines is 1. The molecule has 1 heterocycles. The van der Waals surface area contributed by atoms with Crippen LogP contribution in [0.2, 0.25) is 10.0 Å². The van der Waals surface area contributed by atoms with Crippen molar-refractivity contribution in [3.63, 3.8) is 0 Å². The van der Waals surface area contributed by atoms with E-state index in [1.165, 1.54) is 11.3 Å². The molecule has 0 radical (unpaired) electrons. The predicted octanol–water partition coefficient (Wildman–Crippen LogP) is 5.15. The average Bonchev–Trinajstić information content (AvgIpc) is 2.65. The van der Waals surface area contributed by atoms with Gasteiger partial charge in [-0.2, -0.15) is 5.10 Å². The number of halogens is 2. The number of nitrogens with one attached hydrogen (secondary N) is 1. The molecule has 7 heteroatoms. The van der Waals surface area contributed by atoms with Crippen molar-refractivity contribution < 1.29 is 9.53 Å². The highest BCUT2D eigenvalue weighted by Crippen LogP contribution is 2.37. The van der Waals surface area contributed by atoms with Crippen molar-refractivity contribution in [1.29, 1.82) is 0 Å². The third-order valence-electron chi connectivity index (χ3n) is 4.90. The highest BCUT2D eigenvalue weighted by atomic mass is 35.5. The van der Waals surface area contributed by atoms with Crippen LogP contribution in [-0.2, 0) is 4.79 Å². The Morgan fingerprint density at radius 2 is 2.00 bits per heavy atom. The first-order valence-electron chi connectivity index (χ1n) is 9.15. The van der Waals surface area contributed by atoms with Crippen LogP contribution in [0, 0.1) is 0 Å². The van der Waals surface area contributed by atoms with Gasteiger partial charge in [0.05, 0.1) is 16.8 Å². The monoisotopic (exact) mass is 431 g/mol. The van der Waals surface area contributed by atoms with Gasteiger partial charge in [0.2, 0.25) is 0 Å². The molecule has 3 rings (SSSR count). The molecule has 0 bridgehead atoms. The smallest absolute Gasteiger partial charge is 0.277 e. The van der Waals surface area contributed by atoms with E-state index < -0.39 is 0 Å². The van der Waals surface area contributed by atoms with Gasteiger partial charge in [-0.25, -0.2) is 5.43 Å². The standard InChI is InChI=1S/C22H23Cl2N3O2/c1-14-11-22(2,3)27(4)19-7-5-15(9-17(14)19)12-25-26-21(28)13-29-20-8-6-16(23)10-18(20)24/h5-12H,13H2,1-4H3,(H,26,28)/b25-12+. The number of likely N-dealkylation sites (N-methyl/N-ethyl adjacent to an activating group) is 1. The second-order valence-electron chi connectivity index (χ2n) is 7.47. The minimum Gasteiger partial charge on any atom is -0.482 e. The first-order valence-corrected chi connectivity index (χ1v) is 9.90. The molecule has 0 saturated carbocycles. The Morgan fingerprint density at radius 3 is 2.72 bits per heavy atom. The van der Waals surface area contributed by atoms with Gasteiger partial charge in [-0.15, -0.1) is 0 Å². The summed E-state index contributed by atoms with van der Waals surface area (Å²) in [5.41, 5.74) is 6.86. The summed E-state index contributed by atoms with van der Waals surface area (Å²) in [6, 6.07) is 10.9. The Hall–Kier alpha value is -2.50. The largest absolute Gasteiger partial charge is 0.482 e. The van der Waals surface area contributed by atoms with Crippen LogP contribution in [0.3, 0.4) is 0 Å². The summed E-state index contributed by atoms with van der Waals surface area (Å²) in [7, 11) is 2.09. The van der Waals surface area contributed by atoms with Crippen LogP contribution in [0.1, 0.15) is 31.9 Å². The van der Waals surface area contributed by atoms with E-state index in [4.69, 9.17) is 27.9 Å². The van der Waals surface area contributed by atoms with Gasteiger partial charge in [0, 0.05) is 23.3 Å². The quantitative estimate of drug-likeness (QED) is 0.525. The molecule has 0 aromatic heterocycles. The molecule has 0 spiro atoms. The van der Waals surface area contributed by atoms with E-state index in [2.05, 4.69) is 61.5 Å². The lowest BCUT2D eigenvalue weighted by Crippen LogP contribution is -2.42. The number of ether oxygens (including phenoxy) is 1. The molecule has 2 aromatic rings. The van der Waals surface area contributed by atoms with Crippen molar-refractivity contribution >= 4 is 46.6 Å². The Kier molecular flexibility index (Phi) is 6.20. The van der Waals surface area contributed by atoms with E-state index in [1.54, 1.807) is 24.4 Å². The number of amides is 1. The molecule has 1 amide bonds. The second-order valence-corrected chi connectivity index (χ2v) is 8.32. The number of hydrogen-bond donors (Lipinski definition) is 1. The van der Waals surface area contributed by atoms with Crippen molar-refractivity contribution in [2.24, 2.45) is 5.10 Å². The minimum atomic E-state index is -0.386. The number of fused-ring (bicyclic) bond motifs is 1. The van der Waals surface area contributed by atoms with Gasteiger partial charge in [0.25, 0.3) is 5.91 Å². The van der Waals surface area contributed by atoms with Crippen LogP contribution >= 0.6 is 23.2 Å². The van der Waals surface area contributed by atoms with E-state index in [1.807, 2.05) is 6.07 Å². The fraction of sp³-hybridized carbons (Fsp3) is 0.273. The van der Waals surface area contributed by atoms with Gasteiger partial charge in [-0.05, 0) is 62.2 Å². The maximum Gasteiger partial charge on any atom is 0.277 e. The highest BCUT2D eigenvalue weighted by molar-refractivity contribution is 6.35. The number of hydrazone groups is 1. The molecule has 0 saturated heterocycles. The van der Waals surface area contributed by atoms with Crippen molar-refractivity contribution in [2.75, 3.05) is 18.6 Å². The second kappa shape index (κ2) is 8.47. The summed E-state index contributed by atoms with van der Waals surface area (Å²) in [6.07, 6.45) is 3.86. The first-order chi connectivity index (χ1) is 13.7. The maximum absolute atomic E-state index is 11.9. The summed E-state index contributed by atoms with van der Waals surface area (Å²) in [5, 5.41) is 4.87. The molecule has 5 nitrogen and oxygen atoms in total. The Morgan fingerprint density at radius 1 is 1.24 bits per heavy atom. The lowest BCUT2D eigenvalue weighted by atomic mass is 9.89. The summed E-state index contributed by atoms with van der Waals surface area (Å²) in [5.74, 6) is 0.00183. The Balaban J connectivity index is 1.61. The third-order valence-corrected chi connectivity index (χ3v) is 5.43. The zero-order valence-electron chi connectivity index (χ0n) is 16.8. The van der Waals surface area contributed by atoms with Crippen molar-refractivity contribution in [3.8, 4) is 5.75 Å². The Bertz CT molecular complexity index is 1000. The lowest BCUT2D eigenvalue weighted by molar-refractivity contribution is -0.123. The SMILES string of the molecule is CC1=CC(C)(C)N(C)c2ccc(/C=N/NC(=O)COc3ccc(Cl)cc3Cl)cc21. The van der Waals surface area contributed by atoms with E-state index in [0.717, 1.165) is 11.1 Å². The van der Waals surface area contributed by atoms with Gasteiger partial charge >= 0.3 is 0 Å². The van der Waals surface area contributed by atoms with Gasteiger partial charge in [-0.1, -0.05) is 35.3 Å². The predicted molar refractivity (Wildman–Crippen MR) is 120 cm³/mol. The number of rotatable bonds is 5. The summed E-state index contributed by atoms with van der Waals surface area (Å²) >= 11 is 11.9. The molecule has 0 atom stereocenters. The normalized spacial score (nSPS) is 15.1. The number of allylic oxidation sites excluding steroid dienone is 1. The number of nitrogens with zero attached hydrogens (tertiary/aromatic N) is 2. The molecule has 1 N–H and O–H groups in total. The van der Waals surface area contributed by atoms with E-state index in [0.29, 0.717) is 15.8 Å². The summed E-state index contributed by atoms with van der Waals surface area (Å²) in [4.78, 5) is 14.2. The van der Waals surface area contributed by atoms with Gasteiger partial charge in [-0.3, -0.25) is 4.79 Å².